The lowest BCUT2D eigenvalue weighted by Gasteiger charge is -2.14. The van der Waals surface area contributed by atoms with E-state index in [-0.39, 0.29) is 11.4 Å². The topological polar surface area (TPSA) is 80.6 Å². The van der Waals surface area contributed by atoms with E-state index in [9.17, 15) is 13.5 Å². The minimum Gasteiger partial charge on any atom is -0.497 e. The van der Waals surface area contributed by atoms with Crippen molar-refractivity contribution in [1.29, 1.82) is 0 Å². The van der Waals surface area contributed by atoms with Crippen LogP contribution in [0.5, 0.6) is 5.75 Å². The molecule has 1 unspecified atom stereocenters. The van der Waals surface area contributed by atoms with E-state index >= 15 is 0 Å². The van der Waals surface area contributed by atoms with Crippen molar-refractivity contribution in [1.82, 2.24) is 9.29 Å². The van der Waals surface area contributed by atoms with Crippen LogP contribution >= 0.6 is 0 Å². The molecule has 2 aromatic rings. The van der Waals surface area contributed by atoms with Crippen LogP contribution in [-0.4, -0.2) is 31.7 Å². The van der Waals surface area contributed by atoms with E-state index in [2.05, 4.69) is 4.72 Å². The van der Waals surface area contributed by atoms with E-state index in [1.54, 1.807) is 19.1 Å². The second-order valence-corrected chi connectivity index (χ2v) is 7.11. The molecule has 1 aromatic heterocycles. The van der Waals surface area contributed by atoms with Crippen molar-refractivity contribution >= 4 is 10.0 Å². The van der Waals surface area contributed by atoms with Crippen LogP contribution in [-0.2, 0) is 17.1 Å². The molecule has 0 fully saturated rings. The minimum absolute atomic E-state index is 0.153. The van der Waals surface area contributed by atoms with Crippen molar-refractivity contribution < 1.29 is 18.3 Å². The highest BCUT2D eigenvalue weighted by Crippen LogP contribution is 2.21. The summed E-state index contributed by atoms with van der Waals surface area (Å²) in [6.45, 7) is 1.87. The fourth-order valence-electron chi connectivity index (χ4n) is 2.43. The molecule has 0 saturated carbocycles. The van der Waals surface area contributed by atoms with E-state index in [0.29, 0.717) is 17.7 Å². The quantitative estimate of drug-likeness (QED) is 0.806. The van der Waals surface area contributed by atoms with Gasteiger partial charge in [0.25, 0.3) is 0 Å². The predicted molar refractivity (Wildman–Crippen MR) is 87.9 cm³/mol. The zero-order valence-corrected chi connectivity index (χ0v) is 14.3. The van der Waals surface area contributed by atoms with Gasteiger partial charge in [0.05, 0.1) is 18.1 Å². The molecule has 0 saturated heterocycles. The Kier molecular flexibility index (Phi) is 5.46. The summed E-state index contributed by atoms with van der Waals surface area (Å²) in [5.41, 5.74) is 1.37. The minimum atomic E-state index is -3.61. The van der Waals surface area contributed by atoms with E-state index in [4.69, 9.17) is 4.74 Å². The summed E-state index contributed by atoms with van der Waals surface area (Å²) in [7, 11) is -0.243. The number of hydrogen-bond donors (Lipinski definition) is 2. The van der Waals surface area contributed by atoms with E-state index in [1.807, 2.05) is 29.9 Å². The number of benzene rings is 1. The van der Waals surface area contributed by atoms with Gasteiger partial charge in [0.2, 0.25) is 10.0 Å². The van der Waals surface area contributed by atoms with Gasteiger partial charge in [0, 0.05) is 25.5 Å². The molecule has 0 aliphatic rings. The van der Waals surface area contributed by atoms with Gasteiger partial charge in [0.15, 0.2) is 0 Å². The van der Waals surface area contributed by atoms with Gasteiger partial charge in [-0.25, -0.2) is 13.1 Å². The number of aryl methyl sites for hydroxylation is 2. The van der Waals surface area contributed by atoms with Crippen LogP contribution in [0, 0.1) is 6.92 Å². The van der Waals surface area contributed by atoms with Crippen molar-refractivity contribution in [2.45, 2.75) is 24.3 Å². The molecule has 23 heavy (non-hydrogen) atoms. The Morgan fingerprint density at radius 3 is 2.65 bits per heavy atom. The first-order valence-electron chi connectivity index (χ1n) is 7.29. The summed E-state index contributed by atoms with van der Waals surface area (Å²) in [6, 6.07) is 8.45. The van der Waals surface area contributed by atoms with Gasteiger partial charge in [-0.15, -0.1) is 0 Å². The SMILES string of the molecule is COc1ccc(S(=O)(=O)NCCC(O)c2cccn2C)c(C)c1. The van der Waals surface area contributed by atoms with Crippen LogP contribution in [0.4, 0.5) is 0 Å². The second-order valence-electron chi connectivity index (χ2n) is 5.38. The average molecular weight is 338 g/mol. The maximum absolute atomic E-state index is 12.3. The smallest absolute Gasteiger partial charge is 0.240 e. The molecule has 0 spiro atoms. The lowest BCUT2D eigenvalue weighted by molar-refractivity contribution is 0.161. The van der Waals surface area contributed by atoms with Gasteiger partial charge in [-0.05, 0) is 49.2 Å². The van der Waals surface area contributed by atoms with Crippen molar-refractivity contribution in [2.24, 2.45) is 7.05 Å². The molecular formula is C16H22N2O4S. The number of aliphatic hydroxyl groups is 1. The molecule has 1 heterocycles. The van der Waals surface area contributed by atoms with E-state index in [0.717, 1.165) is 5.69 Å². The van der Waals surface area contributed by atoms with Gasteiger partial charge < -0.3 is 14.4 Å². The standard InChI is InChI=1S/C16H22N2O4S/c1-12-11-13(22-3)6-7-16(12)23(20,21)17-9-8-15(19)14-5-4-10-18(14)2/h4-7,10-11,15,17,19H,8-9H2,1-3H3. The molecular weight excluding hydrogens is 316 g/mol. The Morgan fingerprint density at radius 2 is 2.09 bits per heavy atom. The van der Waals surface area contributed by atoms with Crippen molar-refractivity contribution in [3.8, 4) is 5.75 Å². The van der Waals surface area contributed by atoms with Gasteiger partial charge in [0.1, 0.15) is 5.75 Å². The molecule has 2 N–H and O–H groups in total. The Balaban J connectivity index is 2.01. The van der Waals surface area contributed by atoms with Gasteiger partial charge in [-0.2, -0.15) is 0 Å². The molecule has 1 aromatic carbocycles. The maximum Gasteiger partial charge on any atom is 0.240 e. The zero-order chi connectivity index (χ0) is 17.0. The lowest BCUT2D eigenvalue weighted by atomic mass is 10.2. The summed E-state index contributed by atoms with van der Waals surface area (Å²) < 4.78 is 34.1. The van der Waals surface area contributed by atoms with Crippen molar-refractivity contribution in [2.75, 3.05) is 13.7 Å². The Morgan fingerprint density at radius 1 is 1.35 bits per heavy atom. The number of hydrogen-bond acceptors (Lipinski definition) is 4. The van der Waals surface area contributed by atoms with Crippen LogP contribution in [0.2, 0.25) is 0 Å². The second kappa shape index (κ2) is 7.16. The largest absolute Gasteiger partial charge is 0.497 e. The van der Waals surface area contributed by atoms with E-state index in [1.165, 1.54) is 13.2 Å². The van der Waals surface area contributed by atoms with Crippen LogP contribution in [0.15, 0.2) is 41.4 Å². The zero-order valence-electron chi connectivity index (χ0n) is 13.5. The monoisotopic (exact) mass is 338 g/mol. The lowest BCUT2D eigenvalue weighted by Crippen LogP contribution is -2.26. The van der Waals surface area contributed by atoms with Crippen molar-refractivity contribution in [3.63, 3.8) is 0 Å². The summed E-state index contributed by atoms with van der Waals surface area (Å²) >= 11 is 0. The van der Waals surface area contributed by atoms with Crippen LogP contribution in [0.25, 0.3) is 0 Å². The number of aliphatic hydroxyl groups excluding tert-OH is 1. The van der Waals surface area contributed by atoms with Gasteiger partial charge in [-0.3, -0.25) is 0 Å². The first-order chi connectivity index (χ1) is 10.8. The summed E-state index contributed by atoms with van der Waals surface area (Å²) in [5, 5.41) is 10.1. The fourth-order valence-corrected chi connectivity index (χ4v) is 3.70. The Hall–Kier alpha value is -1.83. The highest BCUT2D eigenvalue weighted by Gasteiger charge is 2.18. The number of rotatable bonds is 7. The first-order valence-corrected chi connectivity index (χ1v) is 8.77. The average Bonchev–Trinajstić information content (AvgIpc) is 2.92. The number of ether oxygens (including phenoxy) is 1. The normalized spacial score (nSPS) is 13.0. The number of nitrogens with zero attached hydrogens (tertiary/aromatic N) is 1. The molecule has 6 nitrogen and oxygen atoms in total. The molecule has 0 amide bonds. The molecule has 0 radical (unpaired) electrons. The number of nitrogens with one attached hydrogen (secondary N) is 1. The highest BCUT2D eigenvalue weighted by atomic mass is 32.2. The molecule has 2 rings (SSSR count). The number of methoxy groups -OCH3 is 1. The van der Waals surface area contributed by atoms with Crippen molar-refractivity contribution in [3.05, 3.63) is 47.8 Å². The molecule has 0 aliphatic heterocycles. The number of aromatic nitrogens is 1. The van der Waals surface area contributed by atoms with Crippen LogP contribution in [0.1, 0.15) is 23.8 Å². The first kappa shape index (κ1) is 17.5. The molecule has 7 heteroatoms. The van der Waals surface area contributed by atoms with E-state index < -0.39 is 16.1 Å². The summed E-state index contributed by atoms with van der Waals surface area (Å²) in [6.07, 6.45) is 1.42. The summed E-state index contributed by atoms with van der Waals surface area (Å²) in [5.74, 6) is 0.612. The third-order valence-electron chi connectivity index (χ3n) is 3.71. The molecule has 126 valence electrons. The van der Waals surface area contributed by atoms with Crippen LogP contribution in [0.3, 0.4) is 0 Å². The third-order valence-corrected chi connectivity index (χ3v) is 5.33. The summed E-state index contributed by atoms with van der Waals surface area (Å²) in [4.78, 5) is 0.214. The van der Waals surface area contributed by atoms with Gasteiger partial charge in [-0.1, -0.05) is 0 Å². The Bertz CT molecular complexity index is 768. The predicted octanol–water partition coefficient (Wildman–Crippen LogP) is 1.74. The third kappa shape index (κ3) is 4.13. The van der Waals surface area contributed by atoms with Crippen LogP contribution < -0.4 is 9.46 Å². The molecule has 0 bridgehead atoms. The Labute approximate surface area is 136 Å². The van der Waals surface area contributed by atoms with Gasteiger partial charge >= 0.3 is 0 Å². The maximum atomic E-state index is 12.3. The fraction of sp³-hybridized carbons (Fsp3) is 0.375. The number of sulfonamides is 1. The molecule has 0 aliphatic carbocycles. The highest BCUT2D eigenvalue weighted by molar-refractivity contribution is 7.89. The molecule has 1 atom stereocenters.